The number of aliphatic hydroxyl groups excluding tert-OH is 2. The molecule has 2 unspecified atom stereocenters. The number of amides is 1. The molecule has 6 heteroatoms. The Kier molecular flexibility index (Phi) is 73.9. The first-order valence-electron chi connectivity index (χ1n) is 39.1. The second-order valence-electron chi connectivity index (χ2n) is 26.7. The molecule has 0 saturated heterocycles. The maximum Gasteiger partial charge on any atom is 0.305 e. The summed E-state index contributed by atoms with van der Waals surface area (Å²) in [4.78, 5) is 24.6. The van der Waals surface area contributed by atoms with Gasteiger partial charge in [-0.15, -0.1) is 0 Å². The zero-order valence-electron chi connectivity index (χ0n) is 58.5. The van der Waals surface area contributed by atoms with E-state index in [2.05, 4.69) is 67.8 Å². The summed E-state index contributed by atoms with van der Waals surface area (Å²) in [5.74, 6) is -0.0593. The number of hydrogen-bond acceptors (Lipinski definition) is 5. The lowest BCUT2D eigenvalue weighted by atomic mass is 10.0. The van der Waals surface area contributed by atoms with Gasteiger partial charge in [-0.05, 0) is 96.3 Å². The molecule has 0 fully saturated rings. The molecule has 0 saturated carbocycles. The number of nitrogens with one attached hydrogen (secondary N) is 1. The third-order valence-corrected chi connectivity index (χ3v) is 18.0. The van der Waals surface area contributed by atoms with E-state index in [4.69, 9.17) is 4.74 Å². The number of aliphatic hydroxyl groups is 2. The predicted octanol–water partition coefficient (Wildman–Crippen LogP) is 25.8. The Bertz CT molecular complexity index is 1500. The number of carbonyl (C=O) groups excluding carboxylic acids is 2. The van der Waals surface area contributed by atoms with Crippen molar-refractivity contribution in [3.05, 3.63) is 60.8 Å². The third-order valence-electron chi connectivity index (χ3n) is 18.0. The Morgan fingerprint density at radius 2 is 0.575 bits per heavy atom. The van der Waals surface area contributed by atoms with Gasteiger partial charge in [0.2, 0.25) is 5.91 Å². The molecule has 0 aromatic heterocycles. The van der Waals surface area contributed by atoms with Gasteiger partial charge in [-0.25, -0.2) is 0 Å². The van der Waals surface area contributed by atoms with Crippen LogP contribution >= 0.6 is 0 Å². The largest absolute Gasteiger partial charge is 0.466 e. The number of allylic oxidation sites excluding steroid dienone is 9. The Balaban J connectivity index is 3.40. The normalized spacial score (nSPS) is 12.8. The van der Waals surface area contributed by atoms with E-state index in [9.17, 15) is 19.8 Å². The van der Waals surface area contributed by atoms with E-state index in [0.29, 0.717) is 19.4 Å². The van der Waals surface area contributed by atoms with E-state index >= 15 is 0 Å². The van der Waals surface area contributed by atoms with Crippen LogP contribution < -0.4 is 5.32 Å². The predicted molar refractivity (Wildman–Crippen MR) is 384 cm³/mol. The first kappa shape index (κ1) is 84.6. The van der Waals surface area contributed by atoms with Crippen molar-refractivity contribution in [1.29, 1.82) is 0 Å². The Labute approximate surface area is 543 Å². The number of hydrogen-bond donors (Lipinski definition) is 3. The van der Waals surface area contributed by atoms with Gasteiger partial charge in [0.1, 0.15) is 0 Å². The lowest BCUT2D eigenvalue weighted by Crippen LogP contribution is -2.45. The SMILES string of the molecule is CCCCCC/C=C\C/C=C\CCCCCCCC(=O)OCCCCCCCCCCCCC/C=C\C/C=C\CCCCCCCCCCCCCCCCCCCC(=O)NC(CO)C(O)/C=C/CCCCCCCCCCCCCCCCCCC. The van der Waals surface area contributed by atoms with E-state index < -0.39 is 12.1 Å². The third kappa shape index (κ3) is 72.5. The molecule has 1 amide bonds. The van der Waals surface area contributed by atoms with Gasteiger partial charge < -0.3 is 20.3 Å². The van der Waals surface area contributed by atoms with E-state index in [1.807, 2.05) is 6.08 Å². The van der Waals surface area contributed by atoms with Crippen LogP contribution in [-0.4, -0.2) is 47.4 Å². The molecular formula is C81H151NO5. The lowest BCUT2D eigenvalue weighted by molar-refractivity contribution is -0.143. The van der Waals surface area contributed by atoms with Gasteiger partial charge in [-0.1, -0.05) is 370 Å². The molecule has 0 aliphatic heterocycles. The van der Waals surface area contributed by atoms with Crippen LogP contribution in [0, 0.1) is 0 Å². The Morgan fingerprint density at radius 3 is 0.885 bits per heavy atom. The molecule has 0 rings (SSSR count). The highest BCUT2D eigenvalue weighted by molar-refractivity contribution is 5.76. The van der Waals surface area contributed by atoms with Crippen LogP contribution in [0.15, 0.2) is 60.8 Å². The van der Waals surface area contributed by atoms with Crippen LogP contribution in [0.5, 0.6) is 0 Å². The molecule has 0 spiro atoms. The summed E-state index contributed by atoms with van der Waals surface area (Å²) in [6, 6.07) is -0.628. The lowest BCUT2D eigenvalue weighted by Gasteiger charge is -2.20. The fraction of sp³-hybridized carbons (Fsp3) is 0.852. The van der Waals surface area contributed by atoms with E-state index in [1.54, 1.807) is 6.08 Å². The van der Waals surface area contributed by atoms with Gasteiger partial charge in [0.05, 0.1) is 25.4 Å². The topological polar surface area (TPSA) is 95.9 Å². The van der Waals surface area contributed by atoms with Gasteiger partial charge in [-0.2, -0.15) is 0 Å². The molecule has 0 radical (unpaired) electrons. The van der Waals surface area contributed by atoms with Gasteiger partial charge in [0.25, 0.3) is 0 Å². The molecule has 0 aliphatic carbocycles. The average molecular weight is 1220 g/mol. The number of esters is 1. The number of rotatable bonds is 73. The molecule has 0 aliphatic rings. The minimum absolute atomic E-state index is 0.00317. The van der Waals surface area contributed by atoms with Crippen LogP contribution in [0.25, 0.3) is 0 Å². The molecule has 0 heterocycles. The maximum atomic E-state index is 12.5. The van der Waals surface area contributed by atoms with Crippen molar-refractivity contribution in [2.45, 2.75) is 431 Å². The summed E-state index contributed by atoms with van der Waals surface area (Å²) in [6.07, 6.45) is 102. The summed E-state index contributed by atoms with van der Waals surface area (Å²) in [7, 11) is 0. The number of unbranched alkanes of at least 4 members (excludes halogenated alkanes) is 54. The fourth-order valence-electron chi connectivity index (χ4n) is 12.1. The second-order valence-corrected chi connectivity index (χ2v) is 26.7. The van der Waals surface area contributed by atoms with Gasteiger partial charge in [-0.3, -0.25) is 9.59 Å². The maximum absolute atomic E-state index is 12.5. The fourth-order valence-corrected chi connectivity index (χ4v) is 12.1. The molecule has 0 aromatic carbocycles. The number of carbonyl (C=O) groups is 2. The molecule has 2 atom stereocenters. The smallest absolute Gasteiger partial charge is 0.305 e. The zero-order valence-corrected chi connectivity index (χ0v) is 58.5. The molecule has 0 bridgehead atoms. The summed E-state index contributed by atoms with van der Waals surface area (Å²) in [6.45, 7) is 4.91. The summed E-state index contributed by atoms with van der Waals surface area (Å²) >= 11 is 0. The van der Waals surface area contributed by atoms with Crippen molar-refractivity contribution in [3.8, 4) is 0 Å². The summed E-state index contributed by atoms with van der Waals surface area (Å²) in [5, 5.41) is 23.3. The van der Waals surface area contributed by atoms with Gasteiger partial charge in [0.15, 0.2) is 0 Å². The van der Waals surface area contributed by atoms with Crippen molar-refractivity contribution in [3.63, 3.8) is 0 Å². The zero-order chi connectivity index (χ0) is 62.8. The highest BCUT2D eigenvalue weighted by atomic mass is 16.5. The van der Waals surface area contributed by atoms with E-state index in [-0.39, 0.29) is 18.5 Å². The summed E-state index contributed by atoms with van der Waals surface area (Å²) < 4.78 is 5.49. The van der Waals surface area contributed by atoms with Crippen molar-refractivity contribution in [2.24, 2.45) is 0 Å². The van der Waals surface area contributed by atoms with E-state index in [1.165, 1.54) is 334 Å². The molecular weight excluding hydrogens is 1070 g/mol. The van der Waals surface area contributed by atoms with Crippen LogP contribution in [-0.2, 0) is 14.3 Å². The quantitative estimate of drug-likeness (QED) is 0.0320. The highest BCUT2D eigenvalue weighted by Crippen LogP contribution is 2.19. The summed E-state index contributed by atoms with van der Waals surface area (Å²) in [5.41, 5.74) is 0. The Hall–Kier alpha value is -2.44. The van der Waals surface area contributed by atoms with Crippen molar-refractivity contribution >= 4 is 11.9 Å². The minimum atomic E-state index is -0.844. The van der Waals surface area contributed by atoms with Crippen molar-refractivity contribution in [1.82, 2.24) is 5.32 Å². The minimum Gasteiger partial charge on any atom is -0.466 e. The van der Waals surface area contributed by atoms with Crippen LogP contribution in [0.1, 0.15) is 418 Å². The monoisotopic (exact) mass is 1220 g/mol. The van der Waals surface area contributed by atoms with Gasteiger partial charge >= 0.3 is 5.97 Å². The second kappa shape index (κ2) is 76.0. The average Bonchev–Trinajstić information content (AvgIpc) is 3.53. The van der Waals surface area contributed by atoms with Crippen molar-refractivity contribution < 1.29 is 24.5 Å². The standard InChI is InChI=1S/C81H151NO5/c1-3-5-7-9-11-13-15-17-19-21-39-42-45-49-53-57-61-65-69-73-79(84)78(77-83)82-80(85)74-70-66-62-58-54-50-46-43-40-37-35-33-31-29-27-25-23-22-24-26-28-30-32-34-36-38-41-44-48-52-56-60-64-68-72-76-87-81(86)75-71-67-63-59-55-51-47-20-18-16-14-12-10-8-6-4-2/h14,16,20,24,26,30,32,47,69,73,78-79,83-84H,3-13,15,17-19,21-23,25,27-29,31,33-46,48-68,70-72,74-77H2,1-2H3,(H,82,85)/b16-14-,26-24-,32-30-,47-20-,73-69+. The molecule has 3 N–H and O–H groups in total. The van der Waals surface area contributed by atoms with Gasteiger partial charge in [0, 0.05) is 12.8 Å². The first-order valence-corrected chi connectivity index (χ1v) is 39.1. The molecule has 510 valence electrons. The number of ether oxygens (including phenoxy) is 1. The van der Waals surface area contributed by atoms with Crippen LogP contribution in [0.2, 0.25) is 0 Å². The van der Waals surface area contributed by atoms with Crippen LogP contribution in [0.3, 0.4) is 0 Å². The van der Waals surface area contributed by atoms with E-state index in [0.717, 1.165) is 57.8 Å². The highest BCUT2D eigenvalue weighted by Gasteiger charge is 2.18. The van der Waals surface area contributed by atoms with Crippen LogP contribution in [0.4, 0.5) is 0 Å². The molecule has 6 nitrogen and oxygen atoms in total. The molecule has 87 heavy (non-hydrogen) atoms. The first-order chi connectivity index (χ1) is 43.0. The van der Waals surface area contributed by atoms with Crippen molar-refractivity contribution in [2.75, 3.05) is 13.2 Å². The Morgan fingerprint density at radius 1 is 0.322 bits per heavy atom. The molecule has 0 aromatic rings.